The van der Waals surface area contributed by atoms with Crippen molar-refractivity contribution in [3.05, 3.63) is 0 Å². The number of halogens is 1. The van der Waals surface area contributed by atoms with Crippen molar-refractivity contribution in [2.45, 2.75) is 38.9 Å². The monoisotopic (exact) mass is 210 g/mol. The molecule has 0 spiro atoms. The van der Waals surface area contributed by atoms with E-state index in [0.717, 1.165) is 0 Å². The van der Waals surface area contributed by atoms with E-state index in [-0.39, 0.29) is 0 Å². The second-order valence-corrected chi connectivity index (χ2v) is 9.48. The van der Waals surface area contributed by atoms with Crippen LogP contribution in [0.2, 0.25) is 18.1 Å². The lowest BCUT2D eigenvalue weighted by Gasteiger charge is -2.32. The molecule has 0 radical (unpaired) electrons. The third-order valence-corrected chi connectivity index (χ3v) is 8.43. The molecule has 0 aliphatic heterocycles. The summed E-state index contributed by atoms with van der Waals surface area (Å²) in [6.45, 7) is 11.0. The average molecular weight is 211 g/mol. The lowest BCUT2D eigenvalue weighted by atomic mass is 10.2. The summed E-state index contributed by atoms with van der Waals surface area (Å²) in [6.07, 6.45) is 0. The minimum absolute atomic E-state index is 0.316. The third kappa shape index (κ3) is 2.39. The van der Waals surface area contributed by atoms with Crippen molar-refractivity contribution in [3.63, 3.8) is 0 Å². The predicted octanol–water partition coefficient (Wildman–Crippen LogP) is 3.32. The second-order valence-electron chi connectivity index (χ2n) is 3.84. The highest BCUT2D eigenvalue weighted by atomic mass is 79.9. The Bertz CT molecular complexity index is 95.7. The molecule has 0 saturated carbocycles. The van der Waals surface area contributed by atoms with Crippen molar-refractivity contribution in [2.75, 3.05) is 0 Å². The number of hydrogen-bond donors (Lipinski definition) is 0. The van der Waals surface area contributed by atoms with E-state index < -0.39 is 8.32 Å². The first-order chi connectivity index (χ1) is 3.81. The average Bonchev–Trinajstić information content (AvgIpc) is 1.64. The highest BCUT2D eigenvalue weighted by molar-refractivity contribution is 9.06. The lowest BCUT2D eigenvalue weighted by molar-refractivity contribution is 0.568. The molecule has 9 heavy (non-hydrogen) atoms. The lowest BCUT2D eigenvalue weighted by Crippen LogP contribution is -2.37. The van der Waals surface area contributed by atoms with Crippen LogP contribution in [0.4, 0.5) is 0 Å². The molecule has 3 heteroatoms. The minimum atomic E-state index is -1.46. The number of hydrogen-bond acceptors (Lipinski definition) is 1. The molecule has 56 valence electrons. The summed E-state index contributed by atoms with van der Waals surface area (Å²) in [6, 6.07) is 0. The first-order valence-electron chi connectivity index (χ1n) is 3.11. The molecule has 0 aromatic heterocycles. The SMILES string of the molecule is CC(C)(C)[Si](C)(C)OBr. The van der Waals surface area contributed by atoms with Gasteiger partial charge in [-0.3, -0.25) is 0 Å². The van der Waals surface area contributed by atoms with E-state index in [1.807, 2.05) is 0 Å². The minimum Gasteiger partial charge on any atom is -0.351 e. The fourth-order valence-corrected chi connectivity index (χ4v) is 1.80. The third-order valence-electron chi connectivity index (χ3n) is 2.00. The fraction of sp³-hybridized carbons (Fsp3) is 1.00. The van der Waals surface area contributed by atoms with Gasteiger partial charge in [0.2, 0.25) is 8.32 Å². The standard InChI is InChI=1S/C6H15BrOSi/c1-6(2,3)9(4,5)8-7/h1-5H3. The van der Waals surface area contributed by atoms with Crippen LogP contribution in [-0.2, 0) is 3.52 Å². The zero-order valence-corrected chi connectivity index (χ0v) is 9.37. The Kier molecular flexibility index (Phi) is 2.92. The van der Waals surface area contributed by atoms with Crippen molar-refractivity contribution in [1.82, 2.24) is 0 Å². The van der Waals surface area contributed by atoms with Crippen LogP contribution in [0.15, 0.2) is 0 Å². The molecule has 0 bridgehead atoms. The summed E-state index contributed by atoms with van der Waals surface area (Å²) in [4.78, 5) is 0. The molecule has 0 N–H and O–H groups in total. The van der Waals surface area contributed by atoms with Crippen LogP contribution in [0.5, 0.6) is 0 Å². The van der Waals surface area contributed by atoms with Crippen molar-refractivity contribution in [3.8, 4) is 0 Å². The molecule has 0 aromatic carbocycles. The Morgan fingerprint density at radius 2 is 1.56 bits per heavy atom. The van der Waals surface area contributed by atoms with Gasteiger partial charge < -0.3 is 3.52 Å². The molecule has 0 heterocycles. The Morgan fingerprint density at radius 1 is 1.22 bits per heavy atom. The molecule has 0 amide bonds. The van der Waals surface area contributed by atoms with Crippen LogP contribution < -0.4 is 0 Å². The molecular weight excluding hydrogens is 196 g/mol. The molecule has 0 rings (SSSR count). The van der Waals surface area contributed by atoms with Gasteiger partial charge in [0.15, 0.2) is 0 Å². The molecule has 0 saturated heterocycles. The number of rotatable bonds is 1. The topological polar surface area (TPSA) is 9.23 Å². The maximum absolute atomic E-state index is 5.25. The molecule has 0 unspecified atom stereocenters. The largest absolute Gasteiger partial charge is 0.351 e. The van der Waals surface area contributed by atoms with Crippen LogP contribution in [0.3, 0.4) is 0 Å². The van der Waals surface area contributed by atoms with Gasteiger partial charge in [0, 0.05) is 0 Å². The van der Waals surface area contributed by atoms with E-state index >= 15 is 0 Å². The van der Waals surface area contributed by atoms with Gasteiger partial charge in [0.25, 0.3) is 0 Å². The predicted molar refractivity (Wildman–Crippen MR) is 47.2 cm³/mol. The van der Waals surface area contributed by atoms with Crippen LogP contribution in [-0.4, -0.2) is 8.32 Å². The van der Waals surface area contributed by atoms with Crippen molar-refractivity contribution in [1.29, 1.82) is 0 Å². The zero-order chi connectivity index (χ0) is 7.71. The summed E-state index contributed by atoms with van der Waals surface area (Å²) in [7, 11) is -1.46. The van der Waals surface area contributed by atoms with E-state index in [0.29, 0.717) is 5.04 Å². The Morgan fingerprint density at radius 3 is 1.56 bits per heavy atom. The van der Waals surface area contributed by atoms with Gasteiger partial charge in [-0.1, -0.05) is 20.8 Å². The molecule has 0 aliphatic rings. The highest BCUT2D eigenvalue weighted by Crippen LogP contribution is 2.37. The van der Waals surface area contributed by atoms with E-state index in [1.165, 1.54) is 0 Å². The van der Waals surface area contributed by atoms with Crippen molar-refractivity contribution >= 4 is 24.6 Å². The zero-order valence-electron chi connectivity index (χ0n) is 6.79. The molecule has 0 aliphatic carbocycles. The van der Waals surface area contributed by atoms with E-state index in [2.05, 4.69) is 50.1 Å². The van der Waals surface area contributed by atoms with Gasteiger partial charge in [-0.2, -0.15) is 0 Å². The molecule has 0 atom stereocenters. The first kappa shape index (κ1) is 9.66. The quantitative estimate of drug-likeness (QED) is 0.604. The fourth-order valence-electron chi connectivity index (χ4n) is 0.116. The smallest absolute Gasteiger partial charge is 0.210 e. The van der Waals surface area contributed by atoms with Crippen LogP contribution in [0, 0.1) is 0 Å². The van der Waals surface area contributed by atoms with Gasteiger partial charge in [-0.25, -0.2) is 0 Å². The van der Waals surface area contributed by atoms with E-state index in [4.69, 9.17) is 3.52 Å². The summed E-state index contributed by atoms with van der Waals surface area (Å²) in [5, 5.41) is 0.316. The van der Waals surface area contributed by atoms with Gasteiger partial charge in [-0.05, 0) is 18.1 Å². The molecule has 1 nitrogen and oxygen atoms in total. The Hall–Kier alpha value is 0.657. The summed E-state index contributed by atoms with van der Waals surface area (Å²) >= 11 is 3.07. The van der Waals surface area contributed by atoms with Gasteiger partial charge in [-0.15, -0.1) is 0 Å². The molecule has 0 aromatic rings. The van der Waals surface area contributed by atoms with Crippen molar-refractivity contribution in [2.24, 2.45) is 0 Å². The van der Waals surface area contributed by atoms with E-state index in [1.54, 1.807) is 0 Å². The van der Waals surface area contributed by atoms with Gasteiger partial charge in [0.1, 0.15) is 0 Å². The van der Waals surface area contributed by atoms with E-state index in [9.17, 15) is 0 Å². The molecular formula is C6H15BrOSi. The maximum Gasteiger partial charge on any atom is 0.210 e. The van der Waals surface area contributed by atoms with Gasteiger partial charge in [0.05, 0.1) is 16.3 Å². The van der Waals surface area contributed by atoms with Crippen molar-refractivity contribution < 1.29 is 3.52 Å². The normalized spacial score (nSPS) is 14.0. The highest BCUT2D eigenvalue weighted by Gasteiger charge is 2.36. The summed E-state index contributed by atoms with van der Waals surface area (Å²) in [5.41, 5.74) is 0. The summed E-state index contributed by atoms with van der Waals surface area (Å²) < 4.78 is 5.25. The van der Waals surface area contributed by atoms with Gasteiger partial charge >= 0.3 is 0 Å². The Labute approximate surface area is 67.4 Å². The van der Waals surface area contributed by atoms with Crippen LogP contribution in [0.1, 0.15) is 20.8 Å². The second kappa shape index (κ2) is 2.72. The first-order valence-corrected chi connectivity index (χ1v) is 6.66. The van der Waals surface area contributed by atoms with Crippen LogP contribution >= 0.6 is 16.3 Å². The molecule has 0 fully saturated rings. The Balaban J connectivity index is 4.14. The maximum atomic E-state index is 5.25. The van der Waals surface area contributed by atoms with Crippen LogP contribution in [0.25, 0.3) is 0 Å². The summed E-state index contributed by atoms with van der Waals surface area (Å²) in [5.74, 6) is 0.